The summed E-state index contributed by atoms with van der Waals surface area (Å²) in [7, 11) is 0. The summed E-state index contributed by atoms with van der Waals surface area (Å²) in [4.78, 5) is 39.7. The Balaban J connectivity index is 2.11. The molecule has 7 heteroatoms. The second kappa shape index (κ2) is 10.3. The molecule has 1 aliphatic carbocycles. The van der Waals surface area contributed by atoms with Gasteiger partial charge in [-0.25, -0.2) is 4.79 Å². The lowest BCUT2D eigenvalue weighted by Crippen LogP contribution is -2.60. The topological polar surface area (TPSA) is 90.5 Å². The SMILES string of the molecule is CCN(CC)C(=O)C1(NC(=O)c2ccc(NC(=O)NC(C)C)cc2)CCCCC1. The number of amides is 4. The third-order valence-corrected chi connectivity index (χ3v) is 5.34. The molecule has 7 nitrogen and oxygen atoms in total. The monoisotopic (exact) mass is 402 g/mol. The maximum absolute atomic E-state index is 13.2. The highest BCUT2D eigenvalue weighted by Gasteiger charge is 2.42. The molecule has 0 saturated heterocycles. The predicted octanol–water partition coefficient (Wildman–Crippen LogP) is 3.52. The van der Waals surface area contributed by atoms with Crippen LogP contribution in [0.2, 0.25) is 0 Å². The molecule has 0 aromatic heterocycles. The van der Waals surface area contributed by atoms with Gasteiger partial charge in [0, 0.05) is 30.4 Å². The highest BCUT2D eigenvalue weighted by Crippen LogP contribution is 2.30. The van der Waals surface area contributed by atoms with Crippen LogP contribution < -0.4 is 16.0 Å². The first-order valence-corrected chi connectivity index (χ1v) is 10.6. The Hall–Kier alpha value is -2.57. The Labute approximate surface area is 173 Å². The van der Waals surface area contributed by atoms with Crippen molar-refractivity contribution >= 4 is 23.5 Å². The number of nitrogens with zero attached hydrogens (tertiary/aromatic N) is 1. The number of benzene rings is 1. The minimum Gasteiger partial charge on any atom is -0.341 e. The maximum atomic E-state index is 13.2. The zero-order chi connectivity index (χ0) is 21.4. The van der Waals surface area contributed by atoms with E-state index in [2.05, 4.69) is 16.0 Å². The Bertz CT molecular complexity index is 705. The van der Waals surface area contributed by atoms with E-state index in [0.717, 1.165) is 19.3 Å². The number of anilines is 1. The van der Waals surface area contributed by atoms with E-state index in [4.69, 9.17) is 0 Å². The van der Waals surface area contributed by atoms with E-state index in [9.17, 15) is 14.4 Å². The van der Waals surface area contributed by atoms with Gasteiger partial charge in [0.25, 0.3) is 5.91 Å². The van der Waals surface area contributed by atoms with E-state index in [0.29, 0.717) is 37.2 Å². The standard InChI is InChI=1S/C22H34N4O3/c1-5-26(6-2)20(28)22(14-8-7-9-15-22)25-19(27)17-10-12-18(13-11-17)24-21(29)23-16(3)4/h10-13,16H,5-9,14-15H2,1-4H3,(H,25,27)(H2,23,24,29). The average molecular weight is 403 g/mol. The molecule has 0 unspecified atom stereocenters. The molecule has 1 aromatic carbocycles. The van der Waals surface area contributed by atoms with Crippen LogP contribution in [0.5, 0.6) is 0 Å². The van der Waals surface area contributed by atoms with Crippen LogP contribution in [0.25, 0.3) is 0 Å². The maximum Gasteiger partial charge on any atom is 0.319 e. The predicted molar refractivity (Wildman–Crippen MR) is 115 cm³/mol. The third kappa shape index (κ3) is 5.95. The molecule has 29 heavy (non-hydrogen) atoms. The molecule has 0 radical (unpaired) electrons. The first kappa shape index (κ1) is 22.7. The van der Waals surface area contributed by atoms with Crippen molar-refractivity contribution in [3.05, 3.63) is 29.8 Å². The summed E-state index contributed by atoms with van der Waals surface area (Å²) in [6.07, 6.45) is 4.29. The van der Waals surface area contributed by atoms with E-state index in [1.54, 1.807) is 29.2 Å². The highest BCUT2D eigenvalue weighted by atomic mass is 16.2. The molecular weight excluding hydrogens is 368 g/mol. The van der Waals surface area contributed by atoms with Crippen LogP contribution in [0.3, 0.4) is 0 Å². The summed E-state index contributed by atoms with van der Waals surface area (Å²) in [6, 6.07) is 6.46. The molecule has 0 aliphatic heterocycles. The van der Waals surface area contributed by atoms with E-state index in [-0.39, 0.29) is 23.9 Å². The Morgan fingerprint density at radius 2 is 1.59 bits per heavy atom. The molecule has 0 atom stereocenters. The summed E-state index contributed by atoms with van der Waals surface area (Å²) in [5.74, 6) is -0.246. The van der Waals surface area contributed by atoms with Crippen molar-refractivity contribution in [1.29, 1.82) is 0 Å². The summed E-state index contributed by atoms with van der Waals surface area (Å²) >= 11 is 0. The number of carbonyl (C=O) groups excluding carboxylic acids is 3. The van der Waals surface area contributed by atoms with Crippen LogP contribution in [-0.4, -0.2) is 47.4 Å². The first-order chi connectivity index (χ1) is 13.8. The minimum absolute atomic E-state index is 0.0131. The van der Waals surface area contributed by atoms with Crippen molar-refractivity contribution in [3.8, 4) is 0 Å². The number of rotatable bonds is 7. The van der Waals surface area contributed by atoms with Crippen LogP contribution in [0.15, 0.2) is 24.3 Å². The van der Waals surface area contributed by atoms with Crippen molar-refractivity contribution in [1.82, 2.24) is 15.5 Å². The van der Waals surface area contributed by atoms with Gasteiger partial charge in [0.15, 0.2) is 0 Å². The fourth-order valence-electron chi connectivity index (χ4n) is 3.78. The van der Waals surface area contributed by atoms with E-state index in [1.165, 1.54) is 0 Å². The lowest BCUT2D eigenvalue weighted by molar-refractivity contribution is -0.139. The van der Waals surface area contributed by atoms with Gasteiger partial charge in [-0.1, -0.05) is 19.3 Å². The smallest absolute Gasteiger partial charge is 0.319 e. The fourth-order valence-corrected chi connectivity index (χ4v) is 3.78. The molecule has 4 amide bonds. The molecule has 2 rings (SSSR count). The Morgan fingerprint density at radius 1 is 1.00 bits per heavy atom. The molecule has 1 aromatic rings. The van der Waals surface area contributed by atoms with E-state index < -0.39 is 5.54 Å². The molecule has 0 heterocycles. The van der Waals surface area contributed by atoms with Crippen LogP contribution in [0.4, 0.5) is 10.5 Å². The van der Waals surface area contributed by atoms with Gasteiger partial charge in [-0.05, 0) is 64.8 Å². The second-order valence-electron chi connectivity index (χ2n) is 7.90. The van der Waals surface area contributed by atoms with Gasteiger partial charge >= 0.3 is 6.03 Å². The normalized spacial score (nSPS) is 15.5. The zero-order valence-electron chi connectivity index (χ0n) is 18.0. The molecule has 1 aliphatic rings. The highest BCUT2D eigenvalue weighted by molar-refractivity contribution is 6.00. The molecule has 3 N–H and O–H groups in total. The number of carbonyl (C=O) groups is 3. The van der Waals surface area contributed by atoms with Crippen molar-refractivity contribution < 1.29 is 14.4 Å². The Morgan fingerprint density at radius 3 is 2.10 bits per heavy atom. The number of urea groups is 1. The summed E-state index contributed by atoms with van der Waals surface area (Å²) < 4.78 is 0. The number of hydrogen-bond acceptors (Lipinski definition) is 3. The van der Waals surface area contributed by atoms with Gasteiger partial charge in [0.05, 0.1) is 0 Å². The lowest BCUT2D eigenvalue weighted by Gasteiger charge is -2.40. The van der Waals surface area contributed by atoms with E-state index >= 15 is 0 Å². The van der Waals surface area contributed by atoms with Crippen molar-refractivity contribution in [2.45, 2.75) is 71.4 Å². The van der Waals surface area contributed by atoms with Crippen LogP contribution in [0, 0.1) is 0 Å². The van der Waals surface area contributed by atoms with Gasteiger partial charge in [0.1, 0.15) is 5.54 Å². The summed E-state index contributed by atoms with van der Waals surface area (Å²) in [6.45, 7) is 8.95. The fraction of sp³-hybridized carbons (Fsp3) is 0.591. The van der Waals surface area contributed by atoms with Crippen LogP contribution in [-0.2, 0) is 4.79 Å². The minimum atomic E-state index is -0.824. The molecule has 0 spiro atoms. The van der Waals surface area contributed by atoms with E-state index in [1.807, 2.05) is 27.7 Å². The largest absolute Gasteiger partial charge is 0.341 e. The third-order valence-electron chi connectivity index (χ3n) is 5.34. The molecule has 1 fully saturated rings. The first-order valence-electron chi connectivity index (χ1n) is 10.6. The van der Waals surface area contributed by atoms with Crippen molar-refractivity contribution in [3.63, 3.8) is 0 Å². The summed E-state index contributed by atoms with van der Waals surface area (Å²) in [5.41, 5.74) is 0.249. The quantitative estimate of drug-likeness (QED) is 0.652. The average Bonchev–Trinajstić information content (AvgIpc) is 2.69. The number of nitrogens with one attached hydrogen (secondary N) is 3. The van der Waals surface area contributed by atoms with Gasteiger partial charge in [-0.2, -0.15) is 0 Å². The van der Waals surface area contributed by atoms with Gasteiger partial charge < -0.3 is 20.9 Å². The Kier molecular flexibility index (Phi) is 8.05. The van der Waals surface area contributed by atoms with Crippen molar-refractivity contribution in [2.75, 3.05) is 18.4 Å². The summed E-state index contributed by atoms with van der Waals surface area (Å²) in [5, 5.41) is 8.54. The van der Waals surface area contributed by atoms with Crippen molar-refractivity contribution in [2.24, 2.45) is 0 Å². The lowest BCUT2D eigenvalue weighted by atomic mass is 9.80. The molecule has 0 bridgehead atoms. The van der Waals surface area contributed by atoms with Gasteiger partial charge in [-0.3, -0.25) is 9.59 Å². The molecular formula is C22H34N4O3. The van der Waals surface area contributed by atoms with Gasteiger partial charge in [-0.15, -0.1) is 0 Å². The van der Waals surface area contributed by atoms with Crippen LogP contribution >= 0.6 is 0 Å². The number of hydrogen-bond donors (Lipinski definition) is 3. The van der Waals surface area contributed by atoms with Crippen LogP contribution in [0.1, 0.15) is 70.2 Å². The van der Waals surface area contributed by atoms with Gasteiger partial charge in [0.2, 0.25) is 5.91 Å². The zero-order valence-corrected chi connectivity index (χ0v) is 18.0. The number of likely N-dealkylation sites (N-methyl/N-ethyl adjacent to an activating group) is 1. The molecule has 160 valence electrons. The molecule has 1 saturated carbocycles. The second-order valence-corrected chi connectivity index (χ2v) is 7.90.